The first-order valence-corrected chi connectivity index (χ1v) is 8.55. The van der Waals surface area contributed by atoms with Crippen LogP contribution in [0.25, 0.3) is 0 Å². The number of ether oxygens (including phenoxy) is 4. The number of rotatable bonds is 10. The second-order valence-electron chi connectivity index (χ2n) is 5.96. The lowest BCUT2D eigenvalue weighted by Gasteiger charge is -2.21. The van der Waals surface area contributed by atoms with Gasteiger partial charge >= 0.3 is 0 Å². The highest BCUT2D eigenvalue weighted by Crippen LogP contribution is 2.40. The molecule has 0 spiro atoms. The molecule has 2 rings (SSSR count). The van der Waals surface area contributed by atoms with Crippen molar-refractivity contribution in [1.29, 1.82) is 0 Å². The van der Waals surface area contributed by atoms with Crippen LogP contribution in [-0.4, -0.2) is 44.3 Å². The first-order chi connectivity index (χ1) is 13.1. The average Bonchev–Trinajstić information content (AvgIpc) is 2.69. The van der Waals surface area contributed by atoms with Crippen molar-refractivity contribution in [3.63, 3.8) is 0 Å². The van der Waals surface area contributed by atoms with E-state index in [2.05, 4.69) is 6.58 Å². The Morgan fingerprint density at radius 1 is 0.963 bits per heavy atom. The van der Waals surface area contributed by atoms with Crippen molar-refractivity contribution in [3.8, 4) is 28.7 Å². The van der Waals surface area contributed by atoms with Crippen LogP contribution in [0.5, 0.6) is 28.7 Å². The van der Waals surface area contributed by atoms with Gasteiger partial charge < -0.3 is 29.2 Å². The summed E-state index contributed by atoms with van der Waals surface area (Å²) in [4.78, 5) is 0. The van der Waals surface area contributed by atoms with Crippen LogP contribution in [0, 0.1) is 0 Å². The Labute approximate surface area is 159 Å². The van der Waals surface area contributed by atoms with Gasteiger partial charge in [0, 0.05) is 6.42 Å². The van der Waals surface area contributed by atoms with E-state index in [0.717, 1.165) is 11.1 Å². The van der Waals surface area contributed by atoms with E-state index in [-0.39, 0.29) is 12.4 Å². The van der Waals surface area contributed by atoms with E-state index in [1.54, 1.807) is 38.5 Å². The number of aliphatic hydroxyl groups is 1. The van der Waals surface area contributed by atoms with Crippen LogP contribution in [0.1, 0.15) is 11.1 Å². The van der Waals surface area contributed by atoms with Crippen LogP contribution in [0.2, 0.25) is 0 Å². The summed E-state index contributed by atoms with van der Waals surface area (Å²) in [6.07, 6.45) is 2.34. The van der Waals surface area contributed by atoms with E-state index in [9.17, 15) is 10.2 Å². The number of methoxy groups -OCH3 is 3. The summed E-state index contributed by atoms with van der Waals surface area (Å²) >= 11 is 0. The minimum atomic E-state index is -0.535. The summed E-state index contributed by atoms with van der Waals surface area (Å²) in [5, 5.41) is 19.5. The third-order valence-electron chi connectivity index (χ3n) is 4.10. The maximum atomic E-state index is 9.80. The number of hydrogen-bond acceptors (Lipinski definition) is 6. The van der Waals surface area contributed by atoms with Crippen LogP contribution in [0.15, 0.2) is 43.0 Å². The van der Waals surface area contributed by atoms with E-state index >= 15 is 0 Å². The van der Waals surface area contributed by atoms with Crippen molar-refractivity contribution >= 4 is 0 Å². The predicted molar refractivity (Wildman–Crippen MR) is 103 cm³/mol. The molecule has 0 saturated heterocycles. The topological polar surface area (TPSA) is 77.4 Å². The third kappa shape index (κ3) is 5.08. The smallest absolute Gasteiger partial charge is 0.203 e. The van der Waals surface area contributed by atoms with Gasteiger partial charge in [-0.15, -0.1) is 6.58 Å². The highest BCUT2D eigenvalue weighted by atomic mass is 16.5. The number of allylic oxidation sites excluding steroid dienone is 1. The number of phenolic OH excluding ortho intramolecular Hbond substituents is 1. The fourth-order valence-electron chi connectivity index (χ4n) is 2.76. The monoisotopic (exact) mass is 374 g/mol. The van der Waals surface area contributed by atoms with Gasteiger partial charge in [-0.25, -0.2) is 0 Å². The van der Waals surface area contributed by atoms with Crippen molar-refractivity contribution < 1.29 is 29.2 Å². The maximum Gasteiger partial charge on any atom is 0.203 e. The van der Waals surface area contributed by atoms with Crippen molar-refractivity contribution in [3.05, 3.63) is 54.1 Å². The number of phenols is 1. The zero-order valence-corrected chi connectivity index (χ0v) is 15.9. The van der Waals surface area contributed by atoms with Gasteiger partial charge in [0.2, 0.25) is 5.75 Å². The molecule has 2 aromatic carbocycles. The van der Waals surface area contributed by atoms with Crippen LogP contribution < -0.4 is 18.9 Å². The zero-order chi connectivity index (χ0) is 19.8. The lowest BCUT2D eigenvalue weighted by molar-refractivity contribution is 0.109. The fourth-order valence-corrected chi connectivity index (χ4v) is 2.76. The first-order valence-electron chi connectivity index (χ1n) is 8.55. The van der Waals surface area contributed by atoms with Gasteiger partial charge in [-0.2, -0.15) is 0 Å². The van der Waals surface area contributed by atoms with Gasteiger partial charge in [-0.3, -0.25) is 0 Å². The molecule has 2 aromatic rings. The minimum absolute atomic E-state index is 0.0591. The molecule has 1 atom stereocenters. The summed E-state index contributed by atoms with van der Waals surface area (Å²) in [5.74, 6) is 1.90. The molecule has 0 aliphatic carbocycles. The van der Waals surface area contributed by atoms with Gasteiger partial charge in [0.25, 0.3) is 0 Å². The van der Waals surface area contributed by atoms with Crippen LogP contribution >= 0.6 is 0 Å². The fraction of sp³-hybridized carbons (Fsp3) is 0.333. The molecule has 146 valence electrons. The molecule has 0 aliphatic heterocycles. The molecule has 2 N–H and O–H groups in total. The summed E-state index contributed by atoms with van der Waals surface area (Å²) in [6, 6.07) is 8.73. The standard InChI is InChI=1S/C21H26O6/c1-5-6-14-11-19(25-3)21(20(12-14)26-4)27-16(13-22)9-15-7-8-17(23)18(10-15)24-2/h5,7-8,10-12,16,22-23H,1,6,9,13H2,2-4H3/t16-/m0/s1. The summed E-state index contributed by atoms with van der Waals surface area (Å²) in [7, 11) is 4.59. The van der Waals surface area contributed by atoms with E-state index in [0.29, 0.717) is 35.8 Å². The summed E-state index contributed by atoms with van der Waals surface area (Å²) in [6.45, 7) is 3.54. The van der Waals surface area contributed by atoms with E-state index in [4.69, 9.17) is 18.9 Å². The Kier molecular flexibility index (Phi) is 7.37. The molecule has 0 amide bonds. The Bertz CT molecular complexity index is 746. The molecule has 0 fully saturated rings. The molecule has 0 unspecified atom stereocenters. The van der Waals surface area contributed by atoms with E-state index in [1.165, 1.54) is 7.11 Å². The number of aliphatic hydroxyl groups excluding tert-OH is 1. The van der Waals surface area contributed by atoms with Crippen LogP contribution in [-0.2, 0) is 12.8 Å². The molecule has 6 nitrogen and oxygen atoms in total. The highest BCUT2D eigenvalue weighted by molar-refractivity contribution is 5.54. The van der Waals surface area contributed by atoms with Gasteiger partial charge in [0.05, 0.1) is 27.9 Å². The molecule has 0 saturated carbocycles. The SMILES string of the molecule is C=CCc1cc(OC)c(O[C@H](CO)Cc2ccc(O)c(OC)c2)c(OC)c1. The van der Waals surface area contributed by atoms with E-state index in [1.807, 2.05) is 12.1 Å². The Balaban J connectivity index is 2.28. The van der Waals surface area contributed by atoms with Gasteiger partial charge in [0.15, 0.2) is 23.0 Å². The lowest BCUT2D eigenvalue weighted by Crippen LogP contribution is -2.24. The Morgan fingerprint density at radius 3 is 2.07 bits per heavy atom. The van der Waals surface area contributed by atoms with E-state index < -0.39 is 6.10 Å². The van der Waals surface area contributed by atoms with Crippen molar-refractivity contribution in [2.75, 3.05) is 27.9 Å². The highest BCUT2D eigenvalue weighted by Gasteiger charge is 2.19. The minimum Gasteiger partial charge on any atom is -0.504 e. The molecular weight excluding hydrogens is 348 g/mol. The van der Waals surface area contributed by atoms with Gasteiger partial charge in [0.1, 0.15) is 6.10 Å². The lowest BCUT2D eigenvalue weighted by atomic mass is 10.1. The third-order valence-corrected chi connectivity index (χ3v) is 4.10. The molecule has 0 bridgehead atoms. The summed E-state index contributed by atoms with van der Waals surface area (Å²) < 4.78 is 22.0. The quantitative estimate of drug-likeness (QED) is 0.622. The second-order valence-corrected chi connectivity index (χ2v) is 5.96. The predicted octanol–water partition coefficient (Wildman–Crippen LogP) is 3.13. The maximum absolute atomic E-state index is 9.80. The first kappa shape index (κ1) is 20.5. The molecule has 0 heterocycles. The molecule has 6 heteroatoms. The molecule has 0 aliphatic rings. The number of benzene rings is 2. The Hall–Kier alpha value is -2.86. The van der Waals surface area contributed by atoms with Crippen molar-refractivity contribution in [2.24, 2.45) is 0 Å². The molecular formula is C21H26O6. The van der Waals surface area contributed by atoms with Gasteiger partial charge in [-0.05, 0) is 41.8 Å². The molecule has 27 heavy (non-hydrogen) atoms. The summed E-state index contributed by atoms with van der Waals surface area (Å²) in [5.41, 5.74) is 1.83. The van der Waals surface area contributed by atoms with Crippen LogP contribution in [0.3, 0.4) is 0 Å². The van der Waals surface area contributed by atoms with Crippen molar-refractivity contribution in [2.45, 2.75) is 18.9 Å². The van der Waals surface area contributed by atoms with Gasteiger partial charge in [-0.1, -0.05) is 12.1 Å². The number of aromatic hydroxyl groups is 1. The number of hydrogen-bond donors (Lipinski definition) is 2. The average molecular weight is 374 g/mol. The largest absolute Gasteiger partial charge is 0.504 e. The molecule has 0 aromatic heterocycles. The second kappa shape index (κ2) is 9.73. The zero-order valence-electron chi connectivity index (χ0n) is 15.9. The van der Waals surface area contributed by atoms with Crippen molar-refractivity contribution in [1.82, 2.24) is 0 Å². The Morgan fingerprint density at radius 2 is 1.56 bits per heavy atom. The molecule has 0 radical (unpaired) electrons. The normalized spacial score (nSPS) is 11.6. The van der Waals surface area contributed by atoms with Crippen LogP contribution in [0.4, 0.5) is 0 Å².